The van der Waals surface area contributed by atoms with Gasteiger partial charge in [-0.25, -0.2) is 0 Å². The summed E-state index contributed by atoms with van der Waals surface area (Å²) < 4.78 is 7.29. The fourth-order valence-electron chi connectivity index (χ4n) is 2.91. The predicted molar refractivity (Wildman–Crippen MR) is 111 cm³/mol. The number of thioether (sulfide) groups is 1. The summed E-state index contributed by atoms with van der Waals surface area (Å²) in [7, 11) is 1.63. The van der Waals surface area contributed by atoms with E-state index in [1.807, 2.05) is 77.9 Å². The van der Waals surface area contributed by atoms with Gasteiger partial charge in [0.15, 0.2) is 5.16 Å². The van der Waals surface area contributed by atoms with Crippen LogP contribution in [0.2, 0.25) is 0 Å². The highest BCUT2D eigenvalue weighted by Crippen LogP contribution is 2.29. The van der Waals surface area contributed by atoms with Crippen LogP contribution in [0.1, 0.15) is 19.4 Å². The van der Waals surface area contributed by atoms with Gasteiger partial charge in [0.05, 0.1) is 18.0 Å². The molecule has 1 aromatic heterocycles. The van der Waals surface area contributed by atoms with E-state index >= 15 is 0 Å². The van der Waals surface area contributed by atoms with Gasteiger partial charge in [-0.1, -0.05) is 54.2 Å². The van der Waals surface area contributed by atoms with E-state index in [1.165, 1.54) is 11.8 Å². The van der Waals surface area contributed by atoms with Crippen LogP contribution in [0.4, 0.5) is 0 Å². The van der Waals surface area contributed by atoms with Gasteiger partial charge in [-0.2, -0.15) is 0 Å². The molecule has 3 aromatic rings. The highest BCUT2D eigenvalue weighted by Gasteiger charge is 2.23. The highest BCUT2D eigenvalue weighted by molar-refractivity contribution is 8.00. The lowest BCUT2D eigenvalue weighted by Gasteiger charge is -2.24. The summed E-state index contributed by atoms with van der Waals surface area (Å²) in [5.74, 6) is 0.799. The van der Waals surface area contributed by atoms with E-state index in [1.54, 1.807) is 13.4 Å². The molecule has 1 heterocycles. The van der Waals surface area contributed by atoms with Crippen molar-refractivity contribution in [2.75, 3.05) is 13.7 Å². The van der Waals surface area contributed by atoms with Crippen LogP contribution in [-0.2, 0) is 11.3 Å². The van der Waals surface area contributed by atoms with Crippen molar-refractivity contribution in [2.24, 2.45) is 0 Å². The lowest BCUT2D eigenvalue weighted by molar-refractivity contribution is -0.130. The molecule has 7 heteroatoms. The summed E-state index contributed by atoms with van der Waals surface area (Å²) in [6.07, 6.45) is 1.64. The van der Waals surface area contributed by atoms with Crippen LogP contribution in [-0.4, -0.2) is 44.5 Å². The minimum Gasteiger partial charge on any atom is -0.495 e. The number of carbonyl (C=O) groups excluding carboxylic acids is 1. The van der Waals surface area contributed by atoms with Crippen molar-refractivity contribution in [2.45, 2.75) is 30.8 Å². The second kappa shape index (κ2) is 9.41. The summed E-state index contributed by atoms with van der Waals surface area (Å²) in [6, 6.07) is 17.7. The molecule has 0 spiro atoms. The number of amides is 1. The molecule has 6 nitrogen and oxygen atoms in total. The molecule has 0 N–H and O–H groups in total. The molecule has 0 saturated heterocycles. The van der Waals surface area contributed by atoms with Crippen molar-refractivity contribution in [3.05, 3.63) is 66.5 Å². The van der Waals surface area contributed by atoms with E-state index in [9.17, 15) is 4.79 Å². The Bertz CT molecular complexity index is 914. The number of ether oxygens (including phenoxy) is 1. The molecule has 0 aliphatic heterocycles. The van der Waals surface area contributed by atoms with Gasteiger partial charge in [0.2, 0.25) is 5.91 Å². The number of para-hydroxylation sites is 2. The summed E-state index contributed by atoms with van der Waals surface area (Å²) >= 11 is 1.40. The van der Waals surface area contributed by atoms with E-state index in [0.29, 0.717) is 18.2 Å². The fourth-order valence-corrected chi connectivity index (χ4v) is 3.83. The van der Waals surface area contributed by atoms with Crippen molar-refractivity contribution in [3.8, 4) is 11.4 Å². The molecular formula is C21H24N4O2S. The Kier molecular flexibility index (Phi) is 6.71. The summed E-state index contributed by atoms with van der Waals surface area (Å²) in [4.78, 5) is 14.9. The fraction of sp³-hybridized carbons (Fsp3) is 0.286. The molecule has 1 unspecified atom stereocenters. The first kappa shape index (κ1) is 19.9. The number of hydrogen-bond donors (Lipinski definition) is 0. The van der Waals surface area contributed by atoms with Gasteiger partial charge in [-0.05, 0) is 31.5 Å². The Labute approximate surface area is 169 Å². The second-order valence-corrected chi connectivity index (χ2v) is 7.56. The Hall–Kier alpha value is -2.80. The van der Waals surface area contributed by atoms with Crippen LogP contribution in [0.15, 0.2) is 66.1 Å². The zero-order chi connectivity index (χ0) is 19.9. The number of hydrogen-bond acceptors (Lipinski definition) is 5. The number of benzene rings is 2. The number of rotatable bonds is 8. The topological polar surface area (TPSA) is 60.2 Å². The third kappa shape index (κ3) is 4.54. The summed E-state index contributed by atoms with van der Waals surface area (Å²) in [5.41, 5.74) is 1.96. The maximum Gasteiger partial charge on any atom is 0.236 e. The van der Waals surface area contributed by atoms with Crippen molar-refractivity contribution in [3.63, 3.8) is 0 Å². The van der Waals surface area contributed by atoms with E-state index in [4.69, 9.17) is 4.74 Å². The smallest absolute Gasteiger partial charge is 0.236 e. The molecule has 1 amide bonds. The number of nitrogens with zero attached hydrogens (tertiary/aromatic N) is 4. The minimum atomic E-state index is -0.290. The number of aromatic nitrogens is 3. The van der Waals surface area contributed by atoms with Crippen LogP contribution >= 0.6 is 11.8 Å². The van der Waals surface area contributed by atoms with Gasteiger partial charge in [-0.15, -0.1) is 10.2 Å². The van der Waals surface area contributed by atoms with Crippen molar-refractivity contribution < 1.29 is 9.53 Å². The summed E-state index contributed by atoms with van der Waals surface area (Å²) in [6.45, 7) is 5.15. The monoisotopic (exact) mass is 396 g/mol. The highest BCUT2D eigenvalue weighted by atomic mass is 32.2. The standard InChI is InChI=1S/C21H24N4O2S/c1-4-24(14-17-10-6-5-7-11-17)20(26)16(2)28-21-23-22-15-25(21)18-12-8-9-13-19(18)27-3/h5-13,15-16H,4,14H2,1-3H3. The maximum absolute atomic E-state index is 13.0. The molecule has 2 aromatic carbocycles. The van der Waals surface area contributed by atoms with Gasteiger partial charge in [-0.3, -0.25) is 9.36 Å². The lowest BCUT2D eigenvalue weighted by Crippen LogP contribution is -2.36. The quantitative estimate of drug-likeness (QED) is 0.542. The Morgan fingerprint density at radius 1 is 1.18 bits per heavy atom. The van der Waals surface area contributed by atoms with E-state index < -0.39 is 0 Å². The average molecular weight is 397 g/mol. The molecule has 146 valence electrons. The third-order valence-electron chi connectivity index (χ3n) is 4.40. The Balaban J connectivity index is 1.75. The van der Waals surface area contributed by atoms with Crippen molar-refractivity contribution >= 4 is 17.7 Å². The molecular weight excluding hydrogens is 372 g/mol. The van der Waals surface area contributed by atoms with E-state index in [-0.39, 0.29) is 11.2 Å². The van der Waals surface area contributed by atoms with Gasteiger partial charge in [0.1, 0.15) is 12.1 Å². The molecule has 0 aliphatic carbocycles. The zero-order valence-electron chi connectivity index (χ0n) is 16.3. The number of methoxy groups -OCH3 is 1. The van der Waals surface area contributed by atoms with Crippen LogP contribution in [0.25, 0.3) is 5.69 Å². The first-order chi connectivity index (χ1) is 13.6. The van der Waals surface area contributed by atoms with Gasteiger partial charge in [0.25, 0.3) is 0 Å². The lowest BCUT2D eigenvalue weighted by atomic mass is 10.2. The van der Waals surface area contributed by atoms with Crippen LogP contribution < -0.4 is 4.74 Å². The molecule has 28 heavy (non-hydrogen) atoms. The summed E-state index contributed by atoms with van der Waals surface area (Å²) in [5, 5.41) is 8.60. The third-order valence-corrected chi connectivity index (χ3v) is 5.45. The average Bonchev–Trinajstić information content (AvgIpc) is 3.20. The van der Waals surface area contributed by atoms with Crippen LogP contribution in [0.3, 0.4) is 0 Å². The Morgan fingerprint density at radius 2 is 1.89 bits per heavy atom. The normalized spacial score (nSPS) is 11.8. The second-order valence-electron chi connectivity index (χ2n) is 6.25. The Morgan fingerprint density at radius 3 is 2.61 bits per heavy atom. The molecule has 1 atom stereocenters. The van der Waals surface area contributed by atoms with Gasteiger partial charge in [0, 0.05) is 13.1 Å². The van der Waals surface area contributed by atoms with E-state index in [2.05, 4.69) is 10.2 Å². The largest absolute Gasteiger partial charge is 0.495 e. The van der Waals surface area contributed by atoms with Crippen molar-refractivity contribution in [1.82, 2.24) is 19.7 Å². The molecule has 0 saturated carbocycles. The predicted octanol–water partition coefficient (Wildman–Crippen LogP) is 3.81. The van der Waals surface area contributed by atoms with Crippen LogP contribution in [0, 0.1) is 0 Å². The molecule has 0 radical (unpaired) electrons. The minimum absolute atomic E-state index is 0.0749. The molecule has 0 fully saturated rings. The van der Waals surface area contributed by atoms with Gasteiger partial charge >= 0.3 is 0 Å². The maximum atomic E-state index is 13.0. The SMILES string of the molecule is CCN(Cc1ccccc1)C(=O)C(C)Sc1nncn1-c1ccccc1OC. The molecule has 0 bridgehead atoms. The first-order valence-electron chi connectivity index (χ1n) is 9.16. The van der Waals surface area contributed by atoms with Gasteiger partial charge < -0.3 is 9.64 Å². The van der Waals surface area contributed by atoms with Crippen molar-refractivity contribution in [1.29, 1.82) is 0 Å². The molecule has 3 rings (SSSR count). The molecule has 0 aliphatic rings. The van der Waals surface area contributed by atoms with E-state index in [0.717, 1.165) is 17.0 Å². The number of carbonyl (C=O) groups is 1. The van der Waals surface area contributed by atoms with Crippen LogP contribution in [0.5, 0.6) is 5.75 Å². The first-order valence-corrected chi connectivity index (χ1v) is 10.0. The zero-order valence-corrected chi connectivity index (χ0v) is 17.1.